The van der Waals surface area contributed by atoms with E-state index in [0.717, 1.165) is 59.9 Å². The summed E-state index contributed by atoms with van der Waals surface area (Å²) in [5.74, 6) is 1.22. The minimum atomic E-state index is -0.253. The number of aliphatic imine (C=N–C) groups is 2. The highest BCUT2D eigenvalue weighted by Gasteiger charge is 2.17. The van der Waals surface area contributed by atoms with E-state index in [9.17, 15) is 9.59 Å². The summed E-state index contributed by atoms with van der Waals surface area (Å²) in [5, 5.41) is 12.9. The molecule has 0 atom stereocenters. The molecule has 0 aliphatic heterocycles. The Morgan fingerprint density at radius 2 is 0.685 bits per heavy atom. The molecule has 8 heteroatoms. The molecule has 54 heavy (non-hydrogen) atoms. The van der Waals surface area contributed by atoms with E-state index in [-0.39, 0.29) is 11.8 Å². The first-order valence-electron chi connectivity index (χ1n) is 19.3. The van der Waals surface area contributed by atoms with Crippen LogP contribution in [0.15, 0.2) is 143 Å². The van der Waals surface area contributed by atoms with Crippen molar-refractivity contribution in [3.63, 3.8) is 0 Å². The van der Waals surface area contributed by atoms with Crippen molar-refractivity contribution in [2.24, 2.45) is 9.98 Å². The van der Waals surface area contributed by atoms with Crippen molar-refractivity contribution < 1.29 is 9.59 Å². The third-order valence-electron chi connectivity index (χ3n) is 10.1. The average molecular weight is 717 g/mol. The van der Waals surface area contributed by atoms with E-state index < -0.39 is 0 Å². The second-order valence-corrected chi connectivity index (χ2v) is 14.2. The molecule has 4 N–H and O–H groups in total. The molecule has 0 heterocycles. The first-order valence-corrected chi connectivity index (χ1v) is 19.3. The number of nitrogens with one attached hydrogen (secondary N) is 4. The zero-order valence-corrected chi connectivity index (χ0v) is 30.6. The molecule has 5 aromatic carbocycles. The van der Waals surface area contributed by atoms with Crippen LogP contribution in [0.25, 0.3) is 0 Å². The van der Waals surface area contributed by atoms with Crippen molar-refractivity contribution in [2.45, 2.75) is 76.3 Å². The number of rotatable bonds is 10. The van der Waals surface area contributed by atoms with Gasteiger partial charge in [0.1, 0.15) is 11.7 Å². The molecule has 0 spiro atoms. The van der Waals surface area contributed by atoms with Crippen LogP contribution in [0.3, 0.4) is 0 Å². The summed E-state index contributed by atoms with van der Waals surface area (Å²) in [4.78, 5) is 36.4. The molecular weight excluding hydrogens is 669 g/mol. The molecule has 5 aromatic rings. The van der Waals surface area contributed by atoms with Crippen molar-refractivity contribution in [3.05, 3.63) is 156 Å². The number of amidine groups is 2. The van der Waals surface area contributed by atoms with Gasteiger partial charge >= 0.3 is 0 Å². The molecule has 8 nitrogen and oxygen atoms in total. The Morgan fingerprint density at radius 3 is 1.02 bits per heavy atom. The molecule has 0 bridgehead atoms. The van der Waals surface area contributed by atoms with Gasteiger partial charge in [0.05, 0.1) is 12.1 Å². The second-order valence-electron chi connectivity index (χ2n) is 14.2. The van der Waals surface area contributed by atoms with E-state index in [1.807, 2.05) is 84.9 Å². The van der Waals surface area contributed by atoms with Crippen LogP contribution in [0.5, 0.6) is 0 Å². The van der Waals surface area contributed by atoms with Crippen LogP contribution in [0, 0.1) is 0 Å². The average Bonchev–Trinajstić information content (AvgIpc) is 3.23. The fourth-order valence-electron chi connectivity index (χ4n) is 7.06. The molecule has 0 aromatic heterocycles. The number of anilines is 4. The molecule has 274 valence electrons. The van der Waals surface area contributed by atoms with Crippen LogP contribution in [0.4, 0.5) is 22.7 Å². The predicted molar refractivity (Wildman–Crippen MR) is 222 cm³/mol. The summed E-state index contributed by atoms with van der Waals surface area (Å²) in [6.45, 7) is 0. The summed E-state index contributed by atoms with van der Waals surface area (Å²) < 4.78 is 0. The molecule has 7 rings (SSSR count). The third-order valence-corrected chi connectivity index (χ3v) is 10.1. The van der Waals surface area contributed by atoms with Gasteiger partial charge < -0.3 is 21.3 Å². The van der Waals surface area contributed by atoms with Gasteiger partial charge in [-0.05, 0) is 98.5 Å². The molecule has 0 radical (unpaired) electrons. The first kappa shape index (κ1) is 36.3. The maximum atomic E-state index is 13.1. The lowest BCUT2D eigenvalue weighted by Crippen LogP contribution is -2.19. The normalized spacial score (nSPS) is 15.6. The lowest BCUT2D eigenvalue weighted by atomic mass is 9.96. The van der Waals surface area contributed by atoms with Gasteiger partial charge in [0.25, 0.3) is 11.8 Å². The van der Waals surface area contributed by atoms with E-state index in [4.69, 9.17) is 9.98 Å². The smallest absolute Gasteiger partial charge is 0.255 e. The number of nitrogens with zero attached hydrogens (tertiary/aromatic N) is 2. The molecule has 2 saturated carbocycles. The van der Waals surface area contributed by atoms with Crippen molar-refractivity contribution in [3.8, 4) is 0 Å². The molecule has 2 fully saturated rings. The van der Waals surface area contributed by atoms with Gasteiger partial charge in [0.15, 0.2) is 0 Å². The molecule has 2 aliphatic rings. The van der Waals surface area contributed by atoms with Crippen LogP contribution < -0.4 is 21.3 Å². The van der Waals surface area contributed by atoms with E-state index in [2.05, 4.69) is 45.5 Å². The number of amides is 2. The van der Waals surface area contributed by atoms with Crippen molar-refractivity contribution in [1.29, 1.82) is 0 Å². The number of hydrogen-bond donors (Lipinski definition) is 4. The number of carbonyl (C=O) groups excluding carboxylic acids is 2. The third kappa shape index (κ3) is 10.1. The second kappa shape index (κ2) is 18.1. The quantitative estimate of drug-likeness (QED) is 0.0852. The fourth-order valence-corrected chi connectivity index (χ4v) is 7.06. The molecule has 0 unspecified atom stereocenters. The van der Waals surface area contributed by atoms with Crippen LogP contribution >= 0.6 is 0 Å². The first-order chi connectivity index (χ1) is 26.6. The zero-order valence-electron chi connectivity index (χ0n) is 30.6. The Morgan fingerprint density at radius 1 is 0.370 bits per heavy atom. The standard InChI is InChI=1S/C46H48N6O2/c53-45(51-41-29-25-39(26-30-41)49-43(33-13-5-1-6-14-33)47-37-17-9-3-10-18-37)35-21-23-36(24-22-35)46(54)52-42-31-27-40(28-32-42)50-44(34-15-7-2-8-16-34)48-38-19-11-4-12-20-38/h1-2,5-8,13-16,21-32,37-38H,3-4,9-12,17-20H2,(H,47,49)(H,48,50)(H,51,53)(H,52,54). The van der Waals surface area contributed by atoms with Gasteiger partial charge in [0.2, 0.25) is 0 Å². The van der Waals surface area contributed by atoms with Crippen LogP contribution in [-0.4, -0.2) is 35.6 Å². The minimum Gasteiger partial charge on any atom is -0.340 e. The maximum Gasteiger partial charge on any atom is 0.255 e. The largest absolute Gasteiger partial charge is 0.340 e. The van der Waals surface area contributed by atoms with Gasteiger partial charge in [-0.1, -0.05) is 99.2 Å². The van der Waals surface area contributed by atoms with E-state index in [0.29, 0.717) is 34.6 Å². The Bertz CT molecular complexity index is 1880. The van der Waals surface area contributed by atoms with Gasteiger partial charge in [-0.25, -0.2) is 0 Å². The summed E-state index contributed by atoms with van der Waals surface area (Å²) >= 11 is 0. The lowest BCUT2D eigenvalue weighted by Gasteiger charge is -2.20. The molecule has 0 saturated heterocycles. The Balaban J connectivity index is 0.932. The highest BCUT2D eigenvalue weighted by molar-refractivity contribution is 6.10. The highest BCUT2D eigenvalue weighted by atomic mass is 16.2. The Labute approximate surface area is 318 Å². The maximum absolute atomic E-state index is 13.1. The van der Waals surface area contributed by atoms with E-state index in [1.54, 1.807) is 24.3 Å². The minimum absolute atomic E-state index is 0.253. The molecule has 2 amide bonds. The van der Waals surface area contributed by atoms with Crippen molar-refractivity contribution >= 4 is 46.2 Å². The SMILES string of the molecule is O=C(Nc1ccc(NC(=NC2CCCCC2)c2ccccc2)cc1)c1ccc(C(=O)Nc2ccc(NC(=NC3CCCCC3)c3ccccc3)cc2)cc1. The van der Waals surface area contributed by atoms with Crippen molar-refractivity contribution in [2.75, 3.05) is 21.3 Å². The van der Waals surface area contributed by atoms with Crippen LogP contribution in [0.1, 0.15) is 96.1 Å². The van der Waals surface area contributed by atoms with Crippen LogP contribution in [0.2, 0.25) is 0 Å². The summed E-state index contributed by atoms with van der Waals surface area (Å²) in [6.07, 6.45) is 11.9. The Hall–Kier alpha value is -6.02. The summed E-state index contributed by atoms with van der Waals surface area (Å²) in [5.41, 5.74) is 6.16. The van der Waals surface area contributed by atoms with E-state index in [1.165, 1.54) is 38.5 Å². The van der Waals surface area contributed by atoms with Gasteiger partial charge in [-0.2, -0.15) is 0 Å². The van der Waals surface area contributed by atoms with Gasteiger partial charge in [-0.3, -0.25) is 19.6 Å². The highest BCUT2D eigenvalue weighted by Crippen LogP contribution is 2.24. The monoisotopic (exact) mass is 716 g/mol. The molecular formula is C46H48N6O2. The number of carbonyl (C=O) groups is 2. The lowest BCUT2D eigenvalue weighted by molar-refractivity contribution is 0.101. The van der Waals surface area contributed by atoms with Crippen molar-refractivity contribution in [1.82, 2.24) is 0 Å². The number of benzene rings is 5. The Kier molecular flexibility index (Phi) is 12.2. The zero-order chi connectivity index (χ0) is 37.0. The molecule has 2 aliphatic carbocycles. The van der Waals surface area contributed by atoms with Crippen LogP contribution in [-0.2, 0) is 0 Å². The summed E-state index contributed by atoms with van der Waals surface area (Å²) in [6, 6.07) is 43.0. The van der Waals surface area contributed by atoms with E-state index >= 15 is 0 Å². The predicted octanol–water partition coefficient (Wildman–Crippen LogP) is 10.6. The fraction of sp³-hybridized carbons (Fsp3) is 0.261. The summed E-state index contributed by atoms with van der Waals surface area (Å²) in [7, 11) is 0. The van der Waals surface area contributed by atoms with Gasteiger partial charge in [-0.15, -0.1) is 0 Å². The topological polar surface area (TPSA) is 107 Å². The number of hydrogen-bond acceptors (Lipinski definition) is 4. The van der Waals surface area contributed by atoms with Gasteiger partial charge in [0, 0.05) is 45.0 Å².